The molecule has 0 aliphatic heterocycles. The maximum Gasteiger partial charge on any atom is 0.322 e. The second-order valence-corrected chi connectivity index (χ2v) is 7.54. The molecule has 0 aliphatic rings. The number of aromatic nitrogens is 1. The van der Waals surface area contributed by atoms with E-state index in [1.54, 1.807) is 30.0 Å². The number of rotatable bonds is 9. The molecule has 2 aromatic carbocycles. The highest BCUT2D eigenvalue weighted by molar-refractivity contribution is 7.98. The molecule has 0 spiro atoms. The van der Waals surface area contributed by atoms with Crippen molar-refractivity contribution in [2.24, 2.45) is 0 Å². The SMILES string of the molecule is COc1ccccc1CN(CCO)C(=O)Nc1cccc(CSc2ccccn2)c1. The second kappa shape index (κ2) is 11.2. The highest BCUT2D eigenvalue weighted by Gasteiger charge is 2.16. The van der Waals surface area contributed by atoms with E-state index in [-0.39, 0.29) is 19.2 Å². The summed E-state index contributed by atoms with van der Waals surface area (Å²) in [7, 11) is 1.60. The van der Waals surface area contributed by atoms with Crippen LogP contribution in [0.4, 0.5) is 10.5 Å². The third kappa shape index (κ3) is 6.23. The average Bonchev–Trinajstić information content (AvgIpc) is 2.78. The molecule has 3 aromatic rings. The van der Waals surface area contributed by atoms with Crippen molar-refractivity contribution in [2.45, 2.75) is 17.3 Å². The lowest BCUT2D eigenvalue weighted by Gasteiger charge is -2.23. The Hall–Kier alpha value is -3.03. The van der Waals surface area contributed by atoms with Gasteiger partial charge in [0.15, 0.2) is 0 Å². The highest BCUT2D eigenvalue weighted by atomic mass is 32.2. The summed E-state index contributed by atoms with van der Waals surface area (Å²) in [6.07, 6.45) is 1.77. The number of hydrogen-bond donors (Lipinski definition) is 2. The average molecular weight is 424 g/mol. The molecule has 3 rings (SSSR count). The predicted molar refractivity (Wildman–Crippen MR) is 120 cm³/mol. The number of thioether (sulfide) groups is 1. The zero-order chi connectivity index (χ0) is 21.2. The van der Waals surface area contributed by atoms with E-state index in [1.165, 1.54) is 0 Å². The monoisotopic (exact) mass is 423 g/mol. The van der Waals surface area contributed by atoms with E-state index in [2.05, 4.69) is 10.3 Å². The van der Waals surface area contributed by atoms with Crippen LogP contribution in [0.15, 0.2) is 78.0 Å². The lowest BCUT2D eigenvalue weighted by atomic mass is 10.2. The number of benzene rings is 2. The Bertz CT molecular complexity index is 953. The molecule has 0 fully saturated rings. The van der Waals surface area contributed by atoms with Crippen molar-refractivity contribution in [1.29, 1.82) is 0 Å². The molecule has 6 nitrogen and oxygen atoms in total. The third-order valence-electron chi connectivity index (χ3n) is 4.41. The number of urea groups is 1. The second-order valence-electron chi connectivity index (χ2n) is 6.54. The number of ether oxygens (including phenoxy) is 1. The van der Waals surface area contributed by atoms with Gasteiger partial charge in [0.2, 0.25) is 0 Å². The van der Waals surface area contributed by atoms with Crippen LogP contribution in [0.25, 0.3) is 0 Å². The molecular formula is C23H25N3O3S. The van der Waals surface area contributed by atoms with Crippen molar-refractivity contribution < 1.29 is 14.6 Å². The number of methoxy groups -OCH3 is 1. The molecule has 30 heavy (non-hydrogen) atoms. The van der Waals surface area contributed by atoms with Gasteiger partial charge in [-0.25, -0.2) is 9.78 Å². The lowest BCUT2D eigenvalue weighted by molar-refractivity contribution is 0.184. The fourth-order valence-electron chi connectivity index (χ4n) is 2.94. The molecule has 0 saturated heterocycles. The number of aliphatic hydroxyl groups excluding tert-OH is 1. The maximum atomic E-state index is 12.8. The first kappa shape index (κ1) is 21.7. The molecule has 7 heteroatoms. The number of carbonyl (C=O) groups excluding carboxylic acids is 1. The molecule has 1 heterocycles. The Morgan fingerprint density at radius 2 is 1.97 bits per heavy atom. The number of carbonyl (C=O) groups is 1. The molecule has 1 aromatic heterocycles. The van der Waals surface area contributed by atoms with Crippen molar-refractivity contribution in [3.63, 3.8) is 0 Å². The molecule has 2 amide bonds. The van der Waals surface area contributed by atoms with Crippen LogP contribution in [-0.4, -0.2) is 41.3 Å². The zero-order valence-electron chi connectivity index (χ0n) is 16.8. The first-order valence-corrected chi connectivity index (χ1v) is 10.6. The smallest absolute Gasteiger partial charge is 0.322 e. The Kier molecular flexibility index (Phi) is 8.11. The van der Waals surface area contributed by atoms with Gasteiger partial charge in [-0.1, -0.05) is 36.4 Å². The fourth-order valence-corrected chi connectivity index (χ4v) is 3.75. The molecule has 2 N–H and O–H groups in total. The van der Waals surface area contributed by atoms with E-state index in [0.717, 1.165) is 21.9 Å². The van der Waals surface area contributed by atoms with Crippen LogP contribution >= 0.6 is 11.8 Å². The quantitative estimate of drug-likeness (QED) is 0.499. The topological polar surface area (TPSA) is 74.7 Å². The summed E-state index contributed by atoms with van der Waals surface area (Å²) in [5, 5.41) is 13.3. The standard InChI is InChI=1S/C23H25N3O3S/c1-29-21-10-3-2-8-19(21)16-26(13-14-27)23(28)25-20-9-6-7-18(15-20)17-30-22-11-4-5-12-24-22/h2-12,15,27H,13-14,16-17H2,1H3,(H,25,28). The van der Waals surface area contributed by atoms with Gasteiger partial charge in [0.05, 0.1) is 25.3 Å². The summed E-state index contributed by atoms with van der Waals surface area (Å²) in [5.74, 6) is 1.46. The lowest BCUT2D eigenvalue weighted by Crippen LogP contribution is -2.36. The van der Waals surface area contributed by atoms with Crippen molar-refractivity contribution >= 4 is 23.5 Å². The van der Waals surface area contributed by atoms with Gasteiger partial charge in [-0.05, 0) is 35.9 Å². The third-order valence-corrected chi connectivity index (χ3v) is 5.43. The first-order chi connectivity index (χ1) is 14.7. The van der Waals surface area contributed by atoms with Gasteiger partial charge in [0, 0.05) is 29.7 Å². The number of anilines is 1. The molecule has 0 aliphatic carbocycles. The number of pyridine rings is 1. The molecule has 0 bridgehead atoms. The Labute approximate surface area is 180 Å². The van der Waals surface area contributed by atoms with Crippen LogP contribution in [0.2, 0.25) is 0 Å². The summed E-state index contributed by atoms with van der Waals surface area (Å²) < 4.78 is 5.37. The largest absolute Gasteiger partial charge is 0.496 e. The van der Waals surface area contributed by atoms with E-state index >= 15 is 0 Å². The van der Waals surface area contributed by atoms with Crippen LogP contribution in [0.1, 0.15) is 11.1 Å². The molecule has 0 saturated carbocycles. The van der Waals surface area contributed by atoms with E-state index in [9.17, 15) is 9.90 Å². The van der Waals surface area contributed by atoms with Crippen LogP contribution in [0, 0.1) is 0 Å². The van der Waals surface area contributed by atoms with Gasteiger partial charge in [0.1, 0.15) is 5.75 Å². The van der Waals surface area contributed by atoms with Crippen LogP contribution in [0.5, 0.6) is 5.75 Å². The van der Waals surface area contributed by atoms with Gasteiger partial charge >= 0.3 is 6.03 Å². The number of nitrogens with zero attached hydrogens (tertiary/aromatic N) is 2. The maximum absolute atomic E-state index is 12.8. The number of para-hydroxylation sites is 1. The minimum absolute atomic E-state index is 0.122. The summed E-state index contributed by atoms with van der Waals surface area (Å²) in [6.45, 7) is 0.439. The minimum atomic E-state index is -0.274. The number of amides is 2. The Balaban J connectivity index is 1.65. The minimum Gasteiger partial charge on any atom is -0.496 e. The Morgan fingerprint density at radius 1 is 1.13 bits per heavy atom. The summed E-state index contributed by atoms with van der Waals surface area (Å²) in [6, 6.07) is 20.8. The van der Waals surface area contributed by atoms with E-state index in [0.29, 0.717) is 18.0 Å². The van der Waals surface area contributed by atoms with Crippen molar-refractivity contribution in [2.75, 3.05) is 25.6 Å². The van der Waals surface area contributed by atoms with Gasteiger partial charge in [-0.15, -0.1) is 11.8 Å². The van der Waals surface area contributed by atoms with Gasteiger partial charge in [-0.2, -0.15) is 0 Å². The van der Waals surface area contributed by atoms with Crippen molar-refractivity contribution in [3.8, 4) is 5.75 Å². The van der Waals surface area contributed by atoms with Crippen LogP contribution < -0.4 is 10.1 Å². The predicted octanol–water partition coefficient (Wildman–Crippen LogP) is 4.41. The molecular weight excluding hydrogens is 398 g/mol. The number of nitrogens with one attached hydrogen (secondary N) is 1. The normalized spacial score (nSPS) is 10.5. The molecule has 0 atom stereocenters. The van der Waals surface area contributed by atoms with E-state index < -0.39 is 0 Å². The summed E-state index contributed by atoms with van der Waals surface area (Å²) in [5.41, 5.74) is 2.67. The van der Waals surface area contributed by atoms with Crippen molar-refractivity contribution in [3.05, 3.63) is 84.1 Å². The van der Waals surface area contributed by atoms with Gasteiger partial charge in [0.25, 0.3) is 0 Å². The molecule has 0 unspecified atom stereocenters. The molecule has 156 valence electrons. The van der Waals surface area contributed by atoms with Crippen molar-refractivity contribution in [1.82, 2.24) is 9.88 Å². The van der Waals surface area contributed by atoms with E-state index in [4.69, 9.17) is 4.74 Å². The summed E-state index contributed by atoms with van der Waals surface area (Å²) in [4.78, 5) is 18.7. The van der Waals surface area contributed by atoms with Gasteiger partial charge in [-0.3, -0.25) is 0 Å². The fraction of sp³-hybridized carbons (Fsp3) is 0.217. The van der Waals surface area contributed by atoms with Gasteiger partial charge < -0.3 is 20.1 Å². The number of aliphatic hydroxyl groups is 1. The van der Waals surface area contributed by atoms with E-state index in [1.807, 2.05) is 66.7 Å². The highest BCUT2D eigenvalue weighted by Crippen LogP contribution is 2.23. The van der Waals surface area contributed by atoms with Crippen LogP contribution in [-0.2, 0) is 12.3 Å². The first-order valence-electron chi connectivity index (χ1n) is 9.61. The zero-order valence-corrected chi connectivity index (χ0v) is 17.6. The Morgan fingerprint density at radius 3 is 2.73 bits per heavy atom. The number of hydrogen-bond acceptors (Lipinski definition) is 5. The van der Waals surface area contributed by atoms with Crippen LogP contribution in [0.3, 0.4) is 0 Å². The molecule has 0 radical (unpaired) electrons. The summed E-state index contributed by atoms with van der Waals surface area (Å²) >= 11 is 1.64.